The highest BCUT2D eigenvalue weighted by atomic mass is 16.5. The minimum atomic E-state index is -0.572. The molecule has 0 radical (unpaired) electrons. The van der Waals surface area contributed by atoms with E-state index in [9.17, 15) is 9.59 Å². The number of carbonyl (C=O) groups excluding carboxylic acids is 2. The summed E-state index contributed by atoms with van der Waals surface area (Å²) < 4.78 is 6.80. The molecule has 2 aromatic rings. The molecule has 27 heavy (non-hydrogen) atoms. The molecule has 2 heterocycles. The quantitative estimate of drug-likeness (QED) is 0.601. The summed E-state index contributed by atoms with van der Waals surface area (Å²) in [6, 6.07) is 9.72. The van der Waals surface area contributed by atoms with Crippen molar-refractivity contribution in [2.24, 2.45) is 12.1 Å². The normalized spacial score (nSPS) is 13.9. The number of ether oxygens (including phenoxy) is 1. The first-order valence-corrected chi connectivity index (χ1v) is 8.74. The number of rotatable bonds is 5. The molecule has 1 aliphatic rings. The summed E-state index contributed by atoms with van der Waals surface area (Å²) in [5, 5.41) is 9.98. The lowest BCUT2D eigenvalue weighted by atomic mass is 10.1. The Balaban J connectivity index is 1.54. The van der Waals surface area contributed by atoms with Crippen molar-refractivity contribution in [3.05, 3.63) is 58.9 Å². The second-order valence-electron chi connectivity index (χ2n) is 6.33. The molecule has 0 atom stereocenters. The third kappa shape index (κ3) is 4.31. The van der Waals surface area contributed by atoms with E-state index in [4.69, 9.17) is 4.74 Å². The summed E-state index contributed by atoms with van der Waals surface area (Å²) in [5.41, 5.74) is 4.51. The summed E-state index contributed by atoms with van der Waals surface area (Å²) in [6.07, 6.45) is 3.65. The van der Waals surface area contributed by atoms with Crippen LogP contribution < -0.4 is 0 Å². The predicted octanol–water partition coefficient (Wildman–Crippen LogP) is 2.23. The molecule has 0 unspecified atom stereocenters. The molecule has 1 amide bonds. The number of amides is 1. The van der Waals surface area contributed by atoms with Crippen LogP contribution in [0.15, 0.2) is 41.5 Å². The number of hydrazone groups is 1. The zero-order chi connectivity index (χ0) is 19.4. The molecular weight excluding hydrogens is 344 g/mol. The highest BCUT2D eigenvalue weighted by Crippen LogP contribution is 2.15. The fraction of sp³-hybridized carbons (Fsp3) is 0.300. The van der Waals surface area contributed by atoms with Crippen molar-refractivity contribution in [1.29, 1.82) is 0 Å². The number of esters is 1. The molecule has 0 aliphatic carbocycles. The first kappa shape index (κ1) is 18.6. The van der Waals surface area contributed by atoms with Crippen molar-refractivity contribution in [2.45, 2.75) is 20.3 Å². The molecule has 0 N–H and O–H groups in total. The van der Waals surface area contributed by atoms with Crippen LogP contribution in [-0.4, -0.2) is 45.5 Å². The molecule has 3 rings (SSSR count). The average Bonchev–Trinajstić information content (AvgIpc) is 3.25. The monoisotopic (exact) mass is 366 g/mol. The maximum atomic E-state index is 12.2. The van der Waals surface area contributed by atoms with Gasteiger partial charge in [-0.25, -0.2) is 9.80 Å². The Hall–Kier alpha value is -3.22. The van der Waals surface area contributed by atoms with Crippen LogP contribution in [0.25, 0.3) is 6.08 Å². The van der Waals surface area contributed by atoms with Crippen LogP contribution in [-0.2, 0) is 21.4 Å². The van der Waals surface area contributed by atoms with Crippen LogP contribution in [0.4, 0.5) is 0 Å². The third-order valence-electron chi connectivity index (χ3n) is 4.49. The van der Waals surface area contributed by atoms with Gasteiger partial charge in [-0.15, -0.1) is 0 Å². The van der Waals surface area contributed by atoms with Crippen LogP contribution in [0, 0.1) is 13.8 Å². The minimum Gasteiger partial charge on any atom is -0.452 e. The Bertz CT molecular complexity index is 913. The first-order valence-electron chi connectivity index (χ1n) is 8.74. The van der Waals surface area contributed by atoms with E-state index >= 15 is 0 Å². The summed E-state index contributed by atoms with van der Waals surface area (Å²) in [6.45, 7) is 3.95. The molecule has 0 fully saturated rings. The van der Waals surface area contributed by atoms with E-state index in [-0.39, 0.29) is 12.5 Å². The average molecular weight is 366 g/mol. The van der Waals surface area contributed by atoms with Gasteiger partial charge in [-0.05, 0) is 25.5 Å². The lowest BCUT2D eigenvalue weighted by Gasteiger charge is -2.10. The van der Waals surface area contributed by atoms with Gasteiger partial charge in [0.2, 0.25) is 0 Å². The van der Waals surface area contributed by atoms with Gasteiger partial charge in [-0.2, -0.15) is 10.2 Å². The molecule has 1 aliphatic heterocycles. The molecule has 7 nitrogen and oxygen atoms in total. The smallest absolute Gasteiger partial charge is 0.331 e. The molecule has 0 spiro atoms. The topological polar surface area (TPSA) is 76.8 Å². The van der Waals surface area contributed by atoms with Crippen LogP contribution in [0.5, 0.6) is 0 Å². The Morgan fingerprint density at radius 1 is 1.22 bits per heavy atom. The lowest BCUT2D eigenvalue weighted by Crippen LogP contribution is -2.28. The maximum Gasteiger partial charge on any atom is 0.331 e. The fourth-order valence-corrected chi connectivity index (χ4v) is 2.91. The van der Waals surface area contributed by atoms with Crippen molar-refractivity contribution >= 4 is 23.7 Å². The van der Waals surface area contributed by atoms with E-state index in [1.54, 1.807) is 10.8 Å². The van der Waals surface area contributed by atoms with E-state index < -0.39 is 5.97 Å². The van der Waals surface area contributed by atoms with Crippen LogP contribution in [0.3, 0.4) is 0 Å². The minimum absolute atomic E-state index is 0.334. The van der Waals surface area contributed by atoms with Crippen LogP contribution in [0.2, 0.25) is 0 Å². The van der Waals surface area contributed by atoms with Gasteiger partial charge in [0.15, 0.2) is 6.61 Å². The molecular formula is C20H22N4O3. The Morgan fingerprint density at radius 2 is 1.96 bits per heavy atom. The maximum absolute atomic E-state index is 12.2. The summed E-state index contributed by atoms with van der Waals surface area (Å²) in [4.78, 5) is 24.1. The van der Waals surface area contributed by atoms with Gasteiger partial charge >= 0.3 is 5.97 Å². The second-order valence-corrected chi connectivity index (χ2v) is 6.33. The lowest BCUT2D eigenvalue weighted by molar-refractivity contribution is -0.147. The van der Waals surface area contributed by atoms with Gasteiger partial charge in [0, 0.05) is 30.8 Å². The van der Waals surface area contributed by atoms with Gasteiger partial charge in [-0.3, -0.25) is 9.48 Å². The SMILES string of the molecule is Cc1nn(C)c(C)c1/C=C/C(=O)OCC(=O)N1CCC(c2ccccc2)=N1. The van der Waals surface area contributed by atoms with Crippen molar-refractivity contribution in [2.75, 3.05) is 13.2 Å². The van der Waals surface area contributed by atoms with Crippen molar-refractivity contribution in [3.8, 4) is 0 Å². The second kappa shape index (κ2) is 7.99. The first-order chi connectivity index (χ1) is 13.0. The zero-order valence-electron chi connectivity index (χ0n) is 15.7. The van der Waals surface area contributed by atoms with Gasteiger partial charge in [0.25, 0.3) is 5.91 Å². The Morgan fingerprint density at radius 3 is 2.63 bits per heavy atom. The van der Waals surface area contributed by atoms with E-state index in [0.717, 1.165) is 28.2 Å². The number of carbonyl (C=O) groups is 2. The Labute approximate surface area is 157 Å². The number of aromatic nitrogens is 2. The van der Waals surface area contributed by atoms with Gasteiger partial charge < -0.3 is 4.74 Å². The number of benzene rings is 1. The summed E-state index contributed by atoms with van der Waals surface area (Å²) >= 11 is 0. The van der Waals surface area contributed by atoms with Gasteiger partial charge in [0.05, 0.1) is 18.0 Å². The largest absolute Gasteiger partial charge is 0.452 e. The Kier molecular flexibility index (Phi) is 5.49. The molecule has 1 aromatic carbocycles. The molecule has 0 bridgehead atoms. The predicted molar refractivity (Wildman–Crippen MR) is 102 cm³/mol. The number of aryl methyl sites for hydroxylation is 2. The fourth-order valence-electron chi connectivity index (χ4n) is 2.91. The molecule has 0 saturated heterocycles. The third-order valence-corrected chi connectivity index (χ3v) is 4.49. The van der Waals surface area contributed by atoms with E-state index in [1.165, 1.54) is 11.1 Å². The van der Waals surface area contributed by atoms with Crippen LogP contribution >= 0.6 is 0 Å². The molecule has 1 aromatic heterocycles. The van der Waals surface area contributed by atoms with Crippen molar-refractivity contribution in [1.82, 2.24) is 14.8 Å². The number of hydrogen-bond donors (Lipinski definition) is 0. The van der Waals surface area contributed by atoms with E-state index in [2.05, 4.69) is 10.2 Å². The summed E-state index contributed by atoms with van der Waals surface area (Å²) in [7, 11) is 1.84. The van der Waals surface area contributed by atoms with Crippen LogP contribution in [0.1, 0.15) is 28.9 Å². The van der Waals surface area contributed by atoms with Crippen molar-refractivity contribution in [3.63, 3.8) is 0 Å². The van der Waals surface area contributed by atoms with Gasteiger partial charge in [0.1, 0.15) is 0 Å². The number of hydrogen-bond acceptors (Lipinski definition) is 5. The van der Waals surface area contributed by atoms with Crippen molar-refractivity contribution < 1.29 is 14.3 Å². The van der Waals surface area contributed by atoms with Gasteiger partial charge in [-0.1, -0.05) is 30.3 Å². The highest BCUT2D eigenvalue weighted by molar-refractivity contribution is 6.02. The molecule has 140 valence electrons. The summed E-state index contributed by atoms with van der Waals surface area (Å²) in [5.74, 6) is -0.908. The number of nitrogens with zero attached hydrogens (tertiary/aromatic N) is 4. The molecule has 0 saturated carbocycles. The highest BCUT2D eigenvalue weighted by Gasteiger charge is 2.22. The molecule has 7 heteroatoms. The standard InChI is InChI=1S/C20H22N4O3/c1-14-17(15(2)23(3)21-14)9-10-20(26)27-13-19(25)24-12-11-18(22-24)16-7-5-4-6-8-16/h4-10H,11-13H2,1-3H3/b10-9+. The van der Waals surface area contributed by atoms with E-state index in [0.29, 0.717) is 13.0 Å². The van der Waals surface area contributed by atoms with E-state index in [1.807, 2.05) is 51.2 Å². The zero-order valence-corrected chi connectivity index (χ0v) is 15.7.